The summed E-state index contributed by atoms with van der Waals surface area (Å²) in [6.45, 7) is 3.16. The largest absolute Gasteiger partial charge is 0.388 e. The summed E-state index contributed by atoms with van der Waals surface area (Å²) in [5.74, 6) is 0.240. The van der Waals surface area contributed by atoms with Gasteiger partial charge in [0.1, 0.15) is 5.41 Å². The van der Waals surface area contributed by atoms with E-state index in [2.05, 4.69) is 6.07 Å². The van der Waals surface area contributed by atoms with Gasteiger partial charge in [-0.25, -0.2) is 0 Å². The third kappa shape index (κ3) is 1.11. The Labute approximate surface area is 84.7 Å². The molecule has 2 aliphatic rings. The second kappa shape index (κ2) is 3.22. The van der Waals surface area contributed by atoms with E-state index in [1.807, 2.05) is 6.92 Å². The van der Waals surface area contributed by atoms with Crippen LogP contribution < -0.4 is 0 Å². The Hall–Kier alpha value is -0.590. The number of hydrogen-bond donors (Lipinski definition) is 1. The molecule has 0 amide bonds. The number of hydrogen-bond acceptors (Lipinski definition) is 3. The smallest absolute Gasteiger partial charge is 0.109 e. The molecular formula is C11H17NO2. The number of aliphatic hydroxyl groups is 1. The molecule has 0 aromatic heterocycles. The Morgan fingerprint density at radius 2 is 2.29 bits per heavy atom. The van der Waals surface area contributed by atoms with E-state index in [1.54, 1.807) is 0 Å². The molecule has 1 saturated carbocycles. The molecule has 1 aliphatic heterocycles. The number of ether oxygens (including phenoxy) is 1. The van der Waals surface area contributed by atoms with E-state index in [1.165, 1.54) is 0 Å². The van der Waals surface area contributed by atoms with Crippen molar-refractivity contribution in [3.63, 3.8) is 0 Å². The molecule has 1 aliphatic carbocycles. The normalized spacial score (nSPS) is 47.9. The minimum atomic E-state index is -0.790. The zero-order chi connectivity index (χ0) is 10.2. The second-order valence-corrected chi connectivity index (χ2v) is 4.71. The van der Waals surface area contributed by atoms with E-state index in [4.69, 9.17) is 4.74 Å². The van der Waals surface area contributed by atoms with E-state index in [0.717, 1.165) is 32.3 Å². The lowest BCUT2D eigenvalue weighted by molar-refractivity contribution is -0.192. The van der Waals surface area contributed by atoms with Gasteiger partial charge in [0.05, 0.1) is 18.3 Å². The molecule has 0 bridgehead atoms. The maximum atomic E-state index is 10.5. The van der Waals surface area contributed by atoms with Gasteiger partial charge in [0.25, 0.3) is 0 Å². The number of nitriles is 1. The Bertz CT molecular complexity index is 265. The van der Waals surface area contributed by atoms with Crippen LogP contribution >= 0.6 is 0 Å². The summed E-state index contributed by atoms with van der Waals surface area (Å²) in [5.41, 5.74) is -1.43. The fourth-order valence-electron chi connectivity index (χ4n) is 2.74. The van der Waals surface area contributed by atoms with Crippen molar-refractivity contribution in [1.82, 2.24) is 0 Å². The van der Waals surface area contributed by atoms with E-state index < -0.39 is 11.0 Å². The van der Waals surface area contributed by atoms with Crippen LogP contribution in [0.2, 0.25) is 0 Å². The van der Waals surface area contributed by atoms with Crippen LogP contribution in [-0.2, 0) is 4.74 Å². The highest BCUT2D eigenvalue weighted by Gasteiger charge is 2.59. The van der Waals surface area contributed by atoms with Crippen LogP contribution in [0.15, 0.2) is 0 Å². The van der Waals surface area contributed by atoms with Gasteiger partial charge in [-0.2, -0.15) is 5.26 Å². The highest BCUT2D eigenvalue weighted by Crippen LogP contribution is 2.53. The molecule has 3 heteroatoms. The molecular weight excluding hydrogens is 178 g/mol. The standard InChI is InChI=1S/C11H17NO2/c1-9-3-5-11(9,13)10(7-12)4-2-6-14-8-10/h9,13H,2-6,8H2,1H3. The van der Waals surface area contributed by atoms with E-state index in [0.29, 0.717) is 6.61 Å². The Morgan fingerprint density at radius 1 is 1.50 bits per heavy atom. The molecule has 1 saturated heterocycles. The van der Waals surface area contributed by atoms with Crippen LogP contribution in [0.4, 0.5) is 0 Å². The number of rotatable bonds is 1. The predicted molar refractivity (Wildman–Crippen MR) is 51.4 cm³/mol. The van der Waals surface area contributed by atoms with Gasteiger partial charge in [0, 0.05) is 6.61 Å². The lowest BCUT2D eigenvalue weighted by atomic mass is 9.55. The van der Waals surface area contributed by atoms with Crippen molar-refractivity contribution in [2.45, 2.75) is 38.2 Å². The first-order valence-electron chi connectivity index (χ1n) is 5.36. The Balaban J connectivity index is 2.23. The number of nitrogens with zero attached hydrogens (tertiary/aromatic N) is 1. The minimum Gasteiger partial charge on any atom is -0.388 e. The molecule has 2 fully saturated rings. The summed E-state index contributed by atoms with van der Waals surface area (Å²) < 4.78 is 5.36. The maximum absolute atomic E-state index is 10.5. The van der Waals surface area contributed by atoms with Crippen LogP contribution in [0.1, 0.15) is 32.6 Å². The minimum absolute atomic E-state index is 0.240. The third-order valence-electron chi connectivity index (χ3n) is 4.06. The summed E-state index contributed by atoms with van der Waals surface area (Å²) >= 11 is 0. The lowest BCUT2D eigenvalue weighted by Gasteiger charge is -2.54. The quantitative estimate of drug-likeness (QED) is 0.689. The van der Waals surface area contributed by atoms with Crippen molar-refractivity contribution in [1.29, 1.82) is 5.26 Å². The molecule has 0 aromatic carbocycles. The molecule has 0 radical (unpaired) electrons. The predicted octanol–water partition coefficient (Wildman–Crippen LogP) is 1.47. The van der Waals surface area contributed by atoms with E-state index in [-0.39, 0.29) is 5.92 Å². The molecule has 14 heavy (non-hydrogen) atoms. The summed E-state index contributed by atoms with van der Waals surface area (Å²) in [6.07, 6.45) is 3.46. The first kappa shape index (κ1) is 9.95. The molecule has 2 rings (SSSR count). The summed E-state index contributed by atoms with van der Waals surface area (Å²) in [6, 6.07) is 2.32. The Kier molecular flexibility index (Phi) is 2.29. The van der Waals surface area contributed by atoms with Gasteiger partial charge >= 0.3 is 0 Å². The second-order valence-electron chi connectivity index (χ2n) is 4.71. The van der Waals surface area contributed by atoms with Crippen LogP contribution in [0.3, 0.4) is 0 Å². The highest BCUT2D eigenvalue weighted by atomic mass is 16.5. The van der Waals surface area contributed by atoms with Crippen LogP contribution in [0.25, 0.3) is 0 Å². The van der Waals surface area contributed by atoms with Crippen molar-refractivity contribution in [2.75, 3.05) is 13.2 Å². The van der Waals surface area contributed by atoms with Crippen LogP contribution in [-0.4, -0.2) is 23.9 Å². The SMILES string of the molecule is CC1CCC1(O)C1(C#N)CCCOC1. The molecule has 0 spiro atoms. The van der Waals surface area contributed by atoms with Crippen LogP contribution in [0.5, 0.6) is 0 Å². The lowest BCUT2D eigenvalue weighted by Crippen LogP contribution is -2.61. The summed E-state index contributed by atoms with van der Waals surface area (Å²) in [4.78, 5) is 0. The molecule has 1 N–H and O–H groups in total. The van der Waals surface area contributed by atoms with Gasteiger partial charge in [-0.15, -0.1) is 0 Å². The zero-order valence-electron chi connectivity index (χ0n) is 8.62. The van der Waals surface area contributed by atoms with E-state index in [9.17, 15) is 10.4 Å². The topological polar surface area (TPSA) is 53.2 Å². The van der Waals surface area contributed by atoms with Crippen molar-refractivity contribution >= 4 is 0 Å². The summed E-state index contributed by atoms with van der Waals surface area (Å²) in [5, 5.41) is 19.7. The van der Waals surface area contributed by atoms with Gasteiger partial charge in [0.2, 0.25) is 0 Å². The van der Waals surface area contributed by atoms with Crippen LogP contribution in [0, 0.1) is 22.7 Å². The maximum Gasteiger partial charge on any atom is 0.109 e. The van der Waals surface area contributed by atoms with Crippen molar-refractivity contribution in [3.8, 4) is 6.07 Å². The van der Waals surface area contributed by atoms with Gasteiger partial charge in [-0.05, 0) is 31.6 Å². The summed E-state index contributed by atoms with van der Waals surface area (Å²) in [7, 11) is 0. The van der Waals surface area contributed by atoms with E-state index >= 15 is 0 Å². The van der Waals surface area contributed by atoms with Crippen molar-refractivity contribution < 1.29 is 9.84 Å². The molecule has 78 valence electrons. The Morgan fingerprint density at radius 3 is 2.64 bits per heavy atom. The fraction of sp³-hybridized carbons (Fsp3) is 0.909. The van der Waals surface area contributed by atoms with Gasteiger partial charge < -0.3 is 9.84 Å². The van der Waals surface area contributed by atoms with Gasteiger partial charge in [-0.3, -0.25) is 0 Å². The first-order chi connectivity index (χ1) is 6.65. The van der Waals surface area contributed by atoms with Crippen molar-refractivity contribution in [2.24, 2.45) is 11.3 Å². The highest BCUT2D eigenvalue weighted by molar-refractivity contribution is 5.17. The van der Waals surface area contributed by atoms with Gasteiger partial charge in [0.15, 0.2) is 0 Å². The zero-order valence-corrected chi connectivity index (χ0v) is 8.62. The molecule has 1 heterocycles. The average Bonchev–Trinajstić information content (AvgIpc) is 2.26. The molecule has 3 nitrogen and oxygen atoms in total. The molecule has 3 atom stereocenters. The monoisotopic (exact) mass is 195 g/mol. The molecule has 3 unspecified atom stereocenters. The van der Waals surface area contributed by atoms with Crippen molar-refractivity contribution in [3.05, 3.63) is 0 Å². The third-order valence-corrected chi connectivity index (χ3v) is 4.06. The molecule has 0 aromatic rings. The first-order valence-corrected chi connectivity index (χ1v) is 5.36. The average molecular weight is 195 g/mol. The fourth-order valence-corrected chi connectivity index (χ4v) is 2.74. The van der Waals surface area contributed by atoms with Gasteiger partial charge in [-0.1, -0.05) is 6.92 Å².